The fourth-order valence-electron chi connectivity index (χ4n) is 1.87. The molecular weight excluding hydrogens is 264 g/mol. The molecule has 0 aliphatic rings. The molecule has 3 aromatic rings. The highest BCUT2D eigenvalue weighted by Crippen LogP contribution is 2.10. The van der Waals surface area contributed by atoms with Crippen LogP contribution >= 0.6 is 11.6 Å². The number of nitrogens with zero attached hydrogens (tertiary/aromatic N) is 4. The minimum Gasteiger partial charge on any atom is -0.299 e. The molecule has 0 saturated carbocycles. The molecule has 0 aliphatic carbocycles. The van der Waals surface area contributed by atoms with Crippen LogP contribution in [0.3, 0.4) is 0 Å². The minimum absolute atomic E-state index is 0.171. The van der Waals surface area contributed by atoms with Gasteiger partial charge in [0.05, 0.1) is 29.5 Å². The van der Waals surface area contributed by atoms with Gasteiger partial charge in [0, 0.05) is 0 Å². The van der Waals surface area contributed by atoms with E-state index in [0.717, 1.165) is 11.0 Å². The Morgan fingerprint density at radius 3 is 2.74 bits per heavy atom. The van der Waals surface area contributed by atoms with Gasteiger partial charge < -0.3 is 0 Å². The van der Waals surface area contributed by atoms with Crippen LogP contribution in [0.1, 0.15) is 5.69 Å². The SMILES string of the molecule is O=c1cnc2ccccc2n1Cc1ccc(Cl)nn1. The van der Waals surface area contributed by atoms with Crippen LogP contribution in [0.25, 0.3) is 11.0 Å². The second-order valence-corrected chi connectivity index (χ2v) is 4.41. The Balaban J connectivity index is 2.12. The second kappa shape index (κ2) is 4.78. The van der Waals surface area contributed by atoms with E-state index in [4.69, 9.17) is 11.6 Å². The van der Waals surface area contributed by atoms with Gasteiger partial charge in [-0.25, -0.2) is 4.98 Å². The molecule has 6 heteroatoms. The highest BCUT2D eigenvalue weighted by Gasteiger charge is 2.05. The number of fused-ring (bicyclic) bond motifs is 1. The second-order valence-electron chi connectivity index (χ2n) is 4.02. The smallest absolute Gasteiger partial charge is 0.269 e. The first-order valence-electron chi connectivity index (χ1n) is 5.67. The zero-order valence-corrected chi connectivity index (χ0v) is 10.6. The Morgan fingerprint density at radius 1 is 1.11 bits per heavy atom. The summed E-state index contributed by atoms with van der Waals surface area (Å²) in [6.07, 6.45) is 1.31. The lowest BCUT2D eigenvalue weighted by molar-refractivity contribution is 0.746. The van der Waals surface area contributed by atoms with E-state index in [2.05, 4.69) is 15.2 Å². The molecule has 0 amide bonds. The van der Waals surface area contributed by atoms with Gasteiger partial charge in [-0.05, 0) is 24.3 Å². The van der Waals surface area contributed by atoms with Crippen LogP contribution in [0.2, 0.25) is 5.15 Å². The Kier molecular flexibility index (Phi) is 2.97. The van der Waals surface area contributed by atoms with Gasteiger partial charge in [0.2, 0.25) is 0 Å². The minimum atomic E-state index is -0.171. The van der Waals surface area contributed by atoms with Gasteiger partial charge in [-0.3, -0.25) is 9.36 Å². The molecule has 0 spiro atoms. The molecule has 0 fully saturated rings. The van der Waals surface area contributed by atoms with Crippen LogP contribution in [0, 0.1) is 0 Å². The maximum absolute atomic E-state index is 11.9. The van der Waals surface area contributed by atoms with E-state index in [9.17, 15) is 4.79 Å². The predicted molar refractivity (Wildman–Crippen MR) is 72.1 cm³/mol. The van der Waals surface area contributed by atoms with Gasteiger partial charge in [-0.15, -0.1) is 5.10 Å². The van der Waals surface area contributed by atoms with Gasteiger partial charge in [-0.2, -0.15) is 5.10 Å². The average Bonchev–Trinajstić information content (AvgIpc) is 2.44. The van der Waals surface area contributed by atoms with Crippen LogP contribution in [-0.2, 0) is 6.54 Å². The summed E-state index contributed by atoms with van der Waals surface area (Å²) in [6, 6.07) is 10.9. The predicted octanol–water partition coefficient (Wildman–Crippen LogP) is 1.89. The van der Waals surface area contributed by atoms with Crippen molar-refractivity contribution in [2.24, 2.45) is 0 Å². The standard InChI is InChI=1S/C13H9ClN4O/c14-12-6-5-9(16-17-12)8-18-11-4-2-1-3-10(11)15-7-13(18)19/h1-7H,8H2. The van der Waals surface area contributed by atoms with E-state index in [-0.39, 0.29) is 5.56 Å². The van der Waals surface area contributed by atoms with Crippen LogP contribution in [0.4, 0.5) is 0 Å². The highest BCUT2D eigenvalue weighted by molar-refractivity contribution is 6.29. The molecule has 2 heterocycles. The van der Waals surface area contributed by atoms with E-state index < -0.39 is 0 Å². The van der Waals surface area contributed by atoms with Crippen molar-refractivity contribution in [3.8, 4) is 0 Å². The average molecular weight is 273 g/mol. The van der Waals surface area contributed by atoms with Gasteiger partial charge in [-0.1, -0.05) is 23.7 Å². The Hall–Kier alpha value is -2.27. The molecule has 0 N–H and O–H groups in total. The van der Waals surface area contributed by atoms with E-state index >= 15 is 0 Å². The van der Waals surface area contributed by atoms with Crippen molar-refractivity contribution < 1.29 is 0 Å². The van der Waals surface area contributed by atoms with E-state index in [1.165, 1.54) is 6.20 Å². The molecule has 0 unspecified atom stereocenters. The topological polar surface area (TPSA) is 60.7 Å². The summed E-state index contributed by atoms with van der Waals surface area (Å²) in [5, 5.41) is 8.06. The quantitative estimate of drug-likeness (QED) is 0.715. The molecule has 0 saturated heterocycles. The Labute approximate surface area is 113 Å². The van der Waals surface area contributed by atoms with E-state index in [1.54, 1.807) is 16.7 Å². The Morgan fingerprint density at radius 2 is 1.95 bits per heavy atom. The zero-order valence-electron chi connectivity index (χ0n) is 9.82. The molecule has 2 aromatic heterocycles. The largest absolute Gasteiger partial charge is 0.299 e. The maximum Gasteiger partial charge on any atom is 0.269 e. The van der Waals surface area contributed by atoms with Crippen molar-refractivity contribution in [1.29, 1.82) is 0 Å². The van der Waals surface area contributed by atoms with Crippen LogP contribution in [0.5, 0.6) is 0 Å². The van der Waals surface area contributed by atoms with Gasteiger partial charge >= 0.3 is 0 Å². The zero-order chi connectivity index (χ0) is 13.2. The lowest BCUT2D eigenvalue weighted by atomic mass is 10.3. The monoisotopic (exact) mass is 272 g/mol. The molecule has 0 atom stereocenters. The Bertz CT molecular complexity index is 783. The molecule has 0 radical (unpaired) electrons. The van der Waals surface area contributed by atoms with Crippen molar-refractivity contribution >= 4 is 22.6 Å². The number of benzene rings is 1. The van der Waals surface area contributed by atoms with Crippen molar-refractivity contribution in [3.05, 3.63) is 63.8 Å². The number of aromatic nitrogens is 4. The molecule has 19 heavy (non-hydrogen) atoms. The first-order chi connectivity index (χ1) is 9.24. The van der Waals surface area contributed by atoms with Crippen molar-refractivity contribution in [2.45, 2.75) is 6.54 Å². The molecule has 3 rings (SSSR count). The third-order valence-electron chi connectivity index (χ3n) is 2.76. The van der Waals surface area contributed by atoms with E-state index in [1.807, 2.05) is 24.3 Å². The van der Waals surface area contributed by atoms with Gasteiger partial charge in [0.1, 0.15) is 0 Å². The number of para-hydroxylation sites is 2. The van der Waals surface area contributed by atoms with Crippen LogP contribution in [0.15, 0.2) is 47.4 Å². The number of hydrogen-bond acceptors (Lipinski definition) is 4. The fourth-order valence-corrected chi connectivity index (χ4v) is 1.97. The molecule has 5 nitrogen and oxygen atoms in total. The molecule has 1 aromatic carbocycles. The number of hydrogen-bond donors (Lipinski definition) is 0. The third kappa shape index (κ3) is 2.32. The van der Waals surface area contributed by atoms with Crippen molar-refractivity contribution in [2.75, 3.05) is 0 Å². The van der Waals surface area contributed by atoms with Crippen LogP contribution in [-0.4, -0.2) is 19.7 Å². The highest BCUT2D eigenvalue weighted by atomic mass is 35.5. The van der Waals surface area contributed by atoms with Crippen molar-refractivity contribution in [1.82, 2.24) is 19.7 Å². The summed E-state index contributed by atoms with van der Waals surface area (Å²) in [6.45, 7) is 0.339. The summed E-state index contributed by atoms with van der Waals surface area (Å²) in [5.74, 6) is 0. The first-order valence-corrected chi connectivity index (χ1v) is 6.04. The van der Waals surface area contributed by atoms with Gasteiger partial charge in [0.25, 0.3) is 5.56 Å². The fraction of sp³-hybridized carbons (Fsp3) is 0.0769. The van der Waals surface area contributed by atoms with Crippen LogP contribution < -0.4 is 5.56 Å². The molecule has 94 valence electrons. The molecule has 0 aliphatic heterocycles. The summed E-state index contributed by atoms with van der Waals surface area (Å²) >= 11 is 5.69. The third-order valence-corrected chi connectivity index (χ3v) is 2.96. The summed E-state index contributed by atoms with van der Waals surface area (Å²) in [7, 11) is 0. The summed E-state index contributed by atoms with van der Waals surface area (Å²) in [5.41, 5.74) is 2.04. The van der Waals surface area contributed by atoms with Crippen molar-refractivity contribution in [3.63, 3.8) is 0 Å². The number of rotatable bonds is 2. The normalized spacial score (nSPS) is 10.8. The summed E-state index contributed by atoms with van der Waals surface area (Å²) < 4.78 is 1.61. The summed E-state index contributed by atoms with van der Waals surface area (Å²) in [4.78, 5) is 16.0. The lowest BCUT2D eigenvalue weighted by Crippen LogP contribution is -2.21. The first kappa shape index (κ1) is 11.8. The van der Waals surface area contributed by atoms with Gasteiger partial charge in [0.15, 0.2) is 5.15 Å². The maximum atomic E-state index is 11.9. The van der Waals surface area contributed by atoms with E-state index in [0.29, 0.717) is 17.4 Å². The molecule has 0 bridgehead atoms. The number of halogens is 1. The molecular formula is C13H9ClN4O. The lowest BCUT2D eigenvalue weighted by Gasteiger charge is -2.08.